The smallest absolute Gasteiger partial charge is 0.277 e. The van der Waals surface area contributed by atoms with Gasteiger partial charge in [0.1, 0.15) is 11.6 Å². The van der Waals surface area contributed by atoms with Crippen LogP contribution in [0.2, 0.25) is 0 Å². The van der Waals surface area contributed by atoms with Gasteiger partial charge in [-0.05, 0) is 73.1 Å². The Labute approximate surface area is 235 Å². The molecule has 0 amide bonds. The van der Waals surface area contributed by atoms with Crippen LogP contribution in [0.3, 0.4) is 0 Å². The normalized spacial score (nSPS) is 30.5. The van der Waals surface area contributed by atoms with Gasteiger partial charge in [0, 0.05) is 62.1 Å². The minimum atomic E-state index is -3.67. The number of sulfonamides is 1. The molecule has 3 N–H and O–H groups in total. The molecule has 1 aliphatic heterocycles. The lowest BCUT2D eigenvalue weighted by molar-refractivity contribution is 0.183. The first-order chi connectivity index (χ1) is 19.0. The molecule has 2 aromatic heterocycles. The summed E-state index contributed by atoms with van der Waals surface area (Å²) in [6, 6.07) is 10.3. The van der Waals surface area contributed by atoms with E-state index in [2.05, 4.69) is 37.4 Å². The molecule has 13 heteroatoms. The maximum absolute atomic E-state index is 11.7. The molecule has 3 heterocycles. The largest absolute Gasteiger partial charge is 0.368 e. The third kappa shape index (κ3) is 4.33. The van der Waals surface area contributed by atoms with Crippen LogP contribution in [-0.4, -0.2) is 74.2 Å². The van der Waals surface area contributed by atoms with Gasteiger partial charge in [0.25, 0.3) is 10.2 Å². The van der Waals surface area contributed by atoms with E-state index >= 15 is 0 Å². The maximum atomic E-state index is 11.7. The number of aromatic nitrogens is 3. The number of hydrogen-bond donors (Lipinski definition) is 2. The van der Waals surface area contributed by atoms with Crippen molar-refractivity contribution < 1.29 is 16.8 Å². The quantitative estimate of drug-likeness (QED) is 0.430. The molecule has 4 fully saturated rings. The fourth-order valence-corrected chi connectivity index (χ4v) is 9.40. The molecule has 1 aromatic carbocycles. The molecule has 214 valence electrons. The van der Waals surface area contributed by atoms with E-state index in [4.69, 9.17) is 10.1 Å². The van der Waals surface area contributed by atoms with Gasteiger partial charge in [0.15, 0.2) is 0 Å². The van der Waals surface area contributed by atoms with Gasteiger partial charge >= 0.3 is 0 Å². The van der Waals surface area contributed by atoms with Crippen molar-refractivity contribution in [1.82, 2.24) is 23.6 Å². The fourth-order valence-electron chi connectivity index (χ4n) is 7.88. The van der Waals surface area contributed by atoms with Gasteiger partial charge in [-0.25, -0.2) is 28.2 Å². The average Bonchev–Trinajstić information content (AvgIpc) is 3.68. The standard InChI is InChI=1S/C27H35N7O4S2/c1-39(35,36)31-19-5-9-26(10-6-19)23-17-27(23,26)18-24-29-11-7-25(30-24)34-12-8-20-21(3-2-4-22(20)34)32-13-15-33(16-14-32)40(28,37)38/h2-4,7-8,11-12,19,23,31H,5-6,9-10,13-18H2,1H3,(H2,28,37,38)/t19?,23?,26?,27-/m1/s1. The summed E-state index contributed by atoms with van der Waals surface area (Å²) in [5.41, 5.74) is 2.73. The van der Waals surface area contributed by atoms with Crippen LogP contribution in [0.5, 0.6) is 0 Å². The summed E-state index contributed by atoms with van der Waals surface area (Å²) in [5.74, 6) is 2.42. The van der Waals surface area contributed by atoms with Crippen LogP contribution in [0, 0.1) is 16.7 Å². The van der Waals surface area contributed by atoms with Crippen molar-refractivity contribution in [2.45, 2.75) is 44.6 Å². The van der Waals surface area contributed by atoms with E-state index in [9.17, 15) is 16.8 Å². The number of anilines is 1. The lowest BCUT2D eigenvalue weighted by Crippen LogP contribution is -2.50. The highest BCUT2D eigenvalue weighted by Gasteiger charge is 2.87. The Balaban J connectivity index is 1.07. The number of nitrogens with one attached hydrogen (secondary N) is 1. The second kappa shape index (κ2) is 8.96. The monoisotopic (exact) mass is 585 g/mol. The zero-order valence-corrected chi connectivity index (χ0v) is 24.2. The first-order valence-corrected chi connectivity index (χ1v) is 17.3. The molecular formula is C27H35N7O4S2. The highest BCUT2D eigenvalue weighted by Crippen LogP contribution is 2.92. The summed E-state index contributed by atoms with van der Waals surface area (Å²) in [7, 11) is -6.84. The van der Waals surface area contributed by atoms with Crippen LogP contribution in [0.15, 0.2) is 42.7 Å². The van der Waals surface area contributed by atoms with Crippen LogP contribution < -0.4 is 14.8 Å². The zero-order valence-electron chi connectivity index (χ0n) is 22.5. The molecule has 1 saturated heterocycles. The lowest BCUT2D eigenvalue weighted by atomic mass is 9.73. The minimum absolute atomic E-state index is 0.0572. The number of benzene rings is 1. The van der Waals surface area contributed by atoms with E-state index in [0.717, 1.165) is 66.3 Å². The van der Waals surface area contributed by atoms with Crippen molar-refractivity contribution in [1.29, 1.82) is 0 Å². The van der Waals surface area contributed by atoms with Crippen molar-refractivity contribution >= 4 is 36.8 Å². The predicted molar refractivity (Wildman–Crippen MR) is 153 cm³/mol. The predicted octanol–water partition coefficient (Wildman–Crippen LogP) is 1.79. The highest BCUT2D eigenvalue weighted by molar-refractivity contribution is 7.88. The van der Waals surface area contributed by atoms with Crippen LogP contribution in [-0.2, 0) is 26.7 Å². The summed E-state index contributed by atoms with van der Waals surface area (Å²) < 4.78 is 52.9. The van der Waals surface area contributed by atoms with E-state index in [0.29, 0.717) is 31.6 Å². The van der Waals surface area contributed by atoms with Crippen molar-refractivity contribution in [2.24, 2.45) is 21.9 Å². The molecule has 11 nitrogen and oxygen atoms in total. The average molecular weight is 586 g/mol. The minimum Gasteiger partial charge on any atom is -0.368 e. The van der Waals surface area contributed by atoms with Gasteiger partial charge in [0.05, 0.1) is 11.8 Å². The molecule has 4 aliphatic rings. The third-order valence-corrected chi connectivity index (χ3v) is 11.8. The summed E-state index contributed by atoms with van der Waals surface area (Å²) >= 11 is 0. The number of fused-ring (bicyclic) bond motifs is 4. The third-order valence-electron chi connectivity index (χ3n) is 9.97. The molecular weight excluding hydrogens is 550 g/mol. The lowest BCUT2D eigenvalue weighted by Gasteiger charge is -2.35. The first-order valence-electron chi connectivity index (χ1n) is 13.9. The maximum Gasteiger partial charge on any atom is 0.277 e. The summed E-state index contributed by atoms with van der Waals surface area (Å²) in [6.07, 6.45) is 11.2. The van der Waals surface area contributed by atoms with Gasteiger partial charge in [-0.15, -0.1) is 0 Å². The molecule has 0 bridgehead atoms. The Morgan fingerprint density at radius 1 is 1.05 bits per heavy atom. The Hall–Kier alpha value is -2.58. The van der Waals surface area contributed by atoms with E-state index in [-0.39, 0.29) is 11.5 Å². The Kier molecular flexibility index (Phi) is 5.90. The van der Waals surface area contributed by atoms with Crippen molar-refractivity contribution in [3.63, 3.8) is 0 Å². The van der Waals surface area contributed by atoms with Gasteiger partial charge in [-0.3, -0.25) is 0 Å². The van der Waals surface area contributed by atoms with Gasteiger partial charge in [0.2, 0.25) is 10.0 Å². The second-order valence-corrected chi connectivity index (χ2v) is 15.4. The molecule has 7 rings (SSSR count). The SMILES string of the molecule is CS(=O)(=O)NC1CCC2(CC1)C1C[C@@]12Cc1nccc(-n2ccc3c(N4CCN(S(N)(=O)=O)CC4)cccc32)n1. The second-order valence-electron chi connectivity index (χ2n) is 12.1. The molecule has 1 unspecified atom stereocenters. The fraction of sp³-hybridized carbons (Fsp3) is 0.556. The van der Waals surface area contributed by atoms with Crippen LogP contribution >= 0.6 is 0 Å². The van der Waals surface area contributed by atoms with Gasteiger partial charge in [-0.2, -0.15) is 12.7 Å². The molecule has 1 spiro atoms. The van der Waals surface area contributed by atoms with Crippen molar-refractivity contribution in [2.75, 3.05) is 37.3 Å². The molecule has 3 aliphatic carbocycles. The Bertz CT molecular complexity index is 1690. The van der Waals surface area contributed by atoms with Gasteiger partial charge < -0.3 is 9.47 Å². The van der Waals surface area contributed by atoms with E-state index in [1.165, 1.54) is 17.0 Å². The first kappa shape index (κ1) is 26.3. The van der Waals surface area contributed by atoms with E-state index in [1.54, 1.807) is 0 Å². The summed E-state index contributed by atoms with van der Waals surface area (Å²) in [6.45, 7) is 1.89. The number of rotatable bonds is 7. The molecule has 3 saturated carbocycles. The van der Waals surface area contributed by atoms with E-state index < -0.39 is 20.2 Å². The van der Waals surface area contributed by atoms with Gasteiger partial charge in [-0.1, -0.05) is 6.07 Å². The number of nitrogens with two attached hydrogens (primary N) is 1. The molecule has 40 heavy (non-hydrogen) atoms. The van der Waals surface area contributed by atoms with Crippen molar-refractivity contribution in [3.05, 3.63) is 48.5 Å². The number of piperazine rings is 1. The molecule has 3 aromatic rings. The molecule has 0 radical (unpaired) electrons. The summed E-state index contributed by atoms with van der Waals surface area (Å²) in [5, 5.41) is 6.41. The number of nitrogens with zero attached hydrogens (tertiary/aromatic N) is 5. The van der Waals surface area contributed by atoms with Crippen LogP contribution in [0.25, 0.3) is 16.7 Å². The topological polar surface area (TPSA) is 144 Å². The van der Waals surface area contributed by atoms with Crippen LogP contribution in [0.4, 0.5) is 5.69 Å². The zero-order chi connectivity index (χ0) is 27.9. The molecule has 2 atom stereocenters. The highest BCUT2D eigenvalue weighted by atomic mass is 32.2. The van der Waals surface area contributed by atoms with E-state index in [1.807, 2.05) is 24.5 Å². The Morgan fingerprint density at radius 3 is 2.48 bits per heavy atom. The van der Waals surface area contributed by atoms with Crippen LogP contribution in [0.1, 0.15) is 37.9 Å². The summed E-state index contributed by atoms with van der Waals surface area (Å²) in [4.78, 5) is 11.9. The van der Waals surface area contributed by atoms with Crippen molar-refractivity contribution in [3.8, 4) is 5.82 Å². The Morgan fingerprint density at radius 2 is 1.80 bits per heavy atom. The number of hydrogen-bond acceptors (Lipinski definition) is 7.